The number of carbonyl (C=O) groups is 1. The first-order valence-electron chi connectivity index (χ1n) is 6.05. The highest BCUT2D eigenvalue weighted by Crippen LogP contribution is 2.34. The molecule has 102 valence electrons. The lowest BCUT2D eigenvalue weighted by molar-refractivity contribution is -0.384. The van der Waals surface area contributed by atoms with Gasteiger partial charge < -0.3 is 9.64 Å². The van der Waals surface area contributed by atoms with Crippen molar-refractivity contribution in [2.75, 3.05) is 24.7 Å². The summed E-state index contributed by atoms with van der Waals surface area (Å²) in [5.41, 5.74) is 0.483. The fraction of sp³-hybridized carbons (Fsp3) is 0.462. The lowest BCUT2D eigenvalue weighted by Gasteiger charge is -2.43. The van der Waals surface area contributed by atoms with Gasteiger partial charge in [0, 0.05) is 18.2 Å². The van der Waals surface area contributed by atoms with E-state index in [9.17, 15) is 14.9 Å². The monoisotopic (exact) mass is 264 g/mol. The predicted molar refractivity (Wildman–Crippen MR) is 70.7 cm³/mol. The molecular weight excluding hydrogens is 248 g/mol. The molecule has 0 bridgehead atoms. The smallest absolute Gasteiger partial charge is 0.293 e. The Morgan fingerprint density at radius 2 is 2.21 bits per heavy atom. The number of aldehydes is 1. The molecule has 0 aromatic heterocycles. The fourth-order valence-corrected chi connectivity index (χ4v) is 2.29. The van der Waals surface area contributed by atoms with E-state index in [0.29, 0.717) is 37.3 Å². The summed E-state index contributed by atoms with van der Waals surface area (Å²) in [4.78, 5) is 23.4. The normalized spacial score (nSPS) is 18.1. The molecule has 1 fully saturated rings. The van der Waals surface area contributed by atoms with Gasteiger partial charge in [-0.3, -0.25) is 14.9 Å². The van der Waals surface area contributed by atoms with Gasteiger partial charge in [-0.1, -0.05) is 0 Å². The van der Waals surface area contributed by atoms with E-state index in [2.05, 4.69) is 0 Å². The van der Waals surface area contributed by atoms with Gasteiger partial charge in [0.2, 0.25) is 0 Å². The van der Waals surface area contributed by atoms with E-state index in [4.69, 9.17) is 4.74 Å². The number of nitro benzene ring substituents is 1. The van der Waals surface area contributed by atoms with Crippen molar-refractivity contribution in [3.8, 4) is 0 Å². The highest BCUT2D eigenvalue weighted by atomic mass is 16.6. The molecule has 2 rings (SSSR count). The number of anilines is 1. The van der Waals surface area contributed by atoms with E-state index in [1.807, 2.05) is 18.7 Å². The molecule has 1 saturated heterocycles. The van der Waals surface area contributed by atoms with Crippen LogP contribution in [0.2, 0.25) is 0 Å². The van der Waals surface area contributed by atoms with E-state index in [-0.39, 0.29) is 11.2 Å². The van der Waals surface area contributed by atoms with Crippen LogP contribution in [0.5, 0.6) is 0 Å². The summed E-state index contributed by atoms with van der Waals surface area (Å²) in [6.45, 7) is 5.59. The van der Waals surface area contributed by atoms with Crippen molar-refractivity contribution in [1.82, 2.24) is 0 Å². The second-order valence-electron chi connectivity index (χ2n) is 5.14. The van der Waals surface area contributed by atoms with Crippen molar-refractivity contribution < 1.29 is 14.5 Å². The standard InChI is InChI=1S/C13H16N2O4/c1-13(2)9-19-6-5-14(13)11-4-3-10(8-16)7-12(11)15(17)18/h3-4,7-8H,5-6,9H2,1-2H3. The van der Waals surface area contributed by atoms with Crippen molar-refractivity contribution in [1.29, 1.82) is 0 Å². The van der Waals surface area contributed by atoms with Crippen molar-refractivity contribution in [2.24, 2.45) is 0 Å². The largest absolute Gasteiger partial charge is 0.377 e. The topological polar surface area (TPSA) is 72.7 Å². The third kappa shape index (κ3) is 2.58. The Hall–Kier alpha value is -1.95. The van der Waals surface area contributed by atoms with Crippen molar-refractivity contribution in [3.05, 3.63) is 33.9 Å². The van der Waals surface area contributed by atoms with E-state index in [1.165, 1.54) is 6.07 Å². The quantitative estimate of drug-likeness (QED) is 0.474. The van der Waals surface area contributed by atoms with Crippen molar-refractivity contribution in [2.45, 2.75) is 19.4 Å². The number of rotatable bonds is 3. The average molecular weight is 264 g/mol. The molecule has 0 saturated carbocycles. The van der Waals surface area contributed by atoms with E-state index >= 15 is 0 Å². The molecule has 1 aromatic rings. The van der Waals surface area contributed by atoms with Gasteiger partial charge in [-0.2, -0.15) is 0 Å². The number of nitro groups is 1. The van der Waals surface area contributed by atoms with Gasteiger partial charge >= 0.3 is 0 Å². The van der Waals surface area contributed by atoms with Crippen LogP contribution in [0.4, 0.5) is 11.4 Å². The molecular formula is C13H16N2O4. The molecule has 1 heterocycles. The predicted octanol–water partition coefficient (Wildman–Crippen LogP) is 2.02. The first kappa shape index (κ1) is 13.5. The van der Waals surface area contributed by atoms with Crippen LogP contribution in [0.1, 0.15) is 24.2 Å². The van der Waals surface area contributed by atoms with E-state index < -0.39 is 4.92 Å². The SMILES string of the molecule is CC1(C)COCCN1c1ccc(C=O)cc1[N+](=O)[O-]. The Balaban J connectivity index is 2.48. The first-order valence-corrected chi connectivity index (χ1v) is 6.05. The summed E-state index contributed by atoms with van der Waals surface area (Å²) >= 11 is 0. The number of hydrogen-bond donors (Lipinski definition) is 0. The van der Waals surface area contributed by atoms with Crippen LogP contribution < -0.4 is 4.90 Å². The Bertz CT molecular complexity index is 513. The van der Waals surface area contributed by atoms with Crippen molar-refractivity contribution in [3.63, 3.8) is 0 Å². The zero-order valence-corrected chi connectivity index (χ0v) is 11.0. The summed E-state index contributed by atoms with van der Waals surface area (Å²) in [5.74, 6) is 0. The lowest BCUT2D eigenvalue weighted by atomic mass is 10.0. The lowest BCUT2D eigenvalue weighted by Crippen LogP contribution is -2.53. The number of nitrogens with zero attached hydrogens (tertiary/aromatic N) is 2. The number of benzene rings is 1. The number of carbonyl (C=O) groups excluding carboxylic acids is 1. The second-order valence-corrected chi connectivity index (χ2v) is 5.14. The third-order valence-corrected chi connectivity index (χ3v) is 3.27. The van der Waals surface area contributed by atoms with Crippen LogP contribution in [-0.4, -0.2) is 36.5 Å². The molecule has 6 nitrogen and oxygen atoms in total. The average Bonchev–Trinajstić information content (AvgIpc) is 2.37. The number of ether oxygens (including phenoxy) is 1. The Labute approximate surface area is 111 Å². The maximum atomic E-state index is 11.2. The van der Waals surface area contributed by atoms with Crippen LogP contribution in [0, 0.1) is 10.1 Å². The Morgan fingerprint density at radius 3 is 2.79 bits per heavy atom. The summed E-state index contributed by atoms with van der Waals surface area (Å²) in [6, 6.07) is 4.55. The number of morpholine rings is 1. The molecule has 0 aliphatic carbocycles. The van der Waals surface area contributed by atoms with Crippen molar-refractivity contribution >= 4 is 17.7 Å². The molecule has 1 aliphatic heterocycles. The van der Waals surface area contributed by atoms with Crippen LogP contribution >= 0.6 is 0 Å². The van der Waals surface area contributed by atoms with Gasteiger partial charge in [-0.15, -0.1) is 0 Å². The molecule has 0 spiro atoms. The third-order valence-electron chi connectivity index (χ3n) is 3.27. The molecule has 0 atom stereocenters. The highest BCUT2D eigenvalue weighted by Gasteiger charge is 2.34. The molecule has 0 N–H and O–H groups in total. The molecule has 0 radical (unpaired) electrons. The van der Waals surface area contributed by atoms with Crippen LogP contribution in [-0.2, 0) is 4.74 Å². The molecule has 19 heavy (non-hydrogen) atoms. The molecule has 1 aromatic carbocycles. The minimum absolute atomic E-state index is 0.0421. The number of hydrogen-bond acceptors (Lipinski definition) is 5. The molecule has 0 amide bonds. The minimum atomic E-state index is -0.451. The Morgan fingerprint density at radius 1 is 1.47 bits per heavy atom. The molecule has 1 aliphatic rings. The summed E-state index contributed by atoms with van der Waals surface area (Å²) in [5, 5.41) is 11.2. The minimum Gasteiger partial charge on any atom is -0.377 e. The zero-order chi connectivity index (χ0) is 14.0. The Kier molecular flexibility index (Phi) is 3.53. The summed E-state index contributed by atoms with van der Waals surface area (Å²) in [6.07, 6.45) is 0.612. The first-order chi connectivity index (χ1) is 8.95. The van der Waals surface area contributed by atoms with Crippen LogP contribution in [0.25, 0.3) is 0 Å². The fourth-order valence-electron chi connectivity index (χ4n) is 2.29. The van der Waals surface area contributed by atoms with E-state index in [1.54, 1.807) is 12.1 Å². The maximum Gasteiger partial charge on any atom is 0.293 e. The zero-order valence-electron chi connectivity index (χ0n) is 11.0. The maximum absolute atomic E-state index is 11.2. The van der Waals surface area contributed by atoms with Gasteiger partial charge in [0.25, 0.3) is 5.69 Å². The van der Waals surface area contributed by atoms with Gasteiger partial charge in [0.1, 0.15) is 12.0 Å². The van der Waals surface area contributed by atoms with Crippen LogP contribution in [0.3, 0.4) is 0 Å². The second kappa shape index (κ2) is 4.97. The highest BCUT2D eigenvalue weighted by molar-refractivity contribution is 5.80. The molecule has 6 heteroatoms. The van der Waals surface area contributed by atoms with E-state index in [0.717, 1.165) is 0 Å². The van der Waals surface area contributed by atoms with Gasteiger partial charge in [-0.05, 0) is 26.0 Å². The van der Waals surface area contributed by atoms with Gasteiger partial charge in [0.15, 0.2) is 0 Å². The summed E-state index contributed by atoms with van der Waals surface area (Å²) in [7, 11) is 0. The molecule has 0 unspecified atom stereocenters. The summed E-state index contributed by atoms with van der Waals surface area (Å²) < 4.78 is 5.41. The van der Waals surface area contributed by atoms with Gasteiger partial charge in [0.05, 0.1) is 23.7 Å². The van der Waals surface area contributed by atoms with Crippen LogP contribution in [0.15, 0.2) is 18.2 Å². The van der Waals surface area contributed by atoms with Gasteiger partial charge in [-0.25, -0.2) is 0 Å².